The lowest BCUT2D eigenvalue weighted by Gasteiger charge is -2.11. The highest BCUT2D eigenvalue weighted by atomic mass is 127. The largest absolute Gasteiger partial charge is 1.00 e. The number of ether oxygens (including phenoxy) is 1. The molecular weight excluding hydrogens is 530 g/mol. The number of halogens is 2. The van der Waals surface area contributed by atoms with Crippen molar-refractivity contribution in [1.82, 2.24) is 0 Å². The van der Waals surface area contributed by atoms with Gasteiger partial charge in [-0.2, -0.15) is 8.42 Å². The fraction of sp³-hybridized carbons (Fsp3) is 0.211. The van der Waals surface area contributed by atoms with Crippen LogP contribution in [0.25, 0.3) is 0 Å². The Morgan fingerprint density at radius 3 is 2.59 bits per heavy atom. The number of aryl methyl sites for hydroxylation is 2. The van der Waals surface area contributed by atoms with Gasteiger partial charge in [0.15, 0.2) is 0 Å². The van der Waals surface area contributed by atoms with Crippen LogP contribution in [0.5, 0.6) is 11.5 Å². The minimum Gasteiger partial charge on any atom is -1.00 e. The van der Waals surface area contributed by atoms with Gasteiger partial charge in [0.2, 0.25) is 0 Å². The Morgan fingerprint density at radius 1 is 1.17 bits per heavy atom. The highest BCUT2D eigenvalue weighted by molar-refractivity contribution is 7.87. The van der Waals surface area contributed by atoms with E-state index in [1.165, 1.54) is 29.5 Å². The number of nitrogen functional groups attached to an aromatic ring is 1. The van der Waals surface area contributed by atoms with Gasteiger partial charge in [-0.05, 0) is 36.8 Å². The number of benzene rings is 2. The standard InChI is InChI=1S/C19H19FN2O4S2.HI/c1-14-11-15(25-9-4-7-22-8-10-27-19(22)21)13-16(12-14)26-28(23,24)18-6-3-2-5-17(18)20;/h2-3,5-6,8,10-13,21H,4,7,9H2,1H3;1H. The summed E-state index contributed by atoms with van der Waals surface area (Å²) < 4.78 is 51.3. The summed E-state index contributed by atoms with van der Waals surface area (Å²) in [5, 5.41) is 2.64. The Labute approximate surface area is 190 Å². The molecule has 0 saturated carbocycles. The molecule has 0 bridgehead atoms. The zero-order valence-corrected chi connectivity index (χ0v) is 19.3. The number of rotatable bonds is 8. The van der Waals surface area contributed by atoms with Crippen molar-refractivity contribution in [2.45, 2.75) is 24.8 Å². The van der Waals surface area contributed by atoms with Gasteiger partial charge in [0, 0.05) is 17.9 Å². The molecule has 0 aliphatic carbocycles. The number of hydrogen-bond acceptors (Lipinski definition) is 6. The summed E-state index contributed by atoms with van der Waals surface area (Å²) in [7, 11) is -4.28. The van der Waals surface area contributed by atoms with Crippen LogP contribution in [0.2, 0.25) is 0 Å². The van der Waals surface area contributed by atoms with Crippen LogP contribution in [-0.2, 0) is 16.7 Å². The maximum absolute atomic E-state index is 13.8. The smallest absolute Gasteiger partial charge is 0.342 e. The maximum Gasteiger partial charge on any atom is 0.342 e. The second-order valence-electron chi connectivity index (χ2n) is 6.09. The van der Waals surface area contributed by atoms with E-state index in [1.807, 2.05) is 16.1 Å². The van der Waals surface area contributed by atoms with E-state index in [9.17, 15) is 12.8 Å². The number of thiazole rings is 1. The molecule has 0 fully saturated rings. The van der Waals surface area contributed by atoms with Gasteiger partial charge in [0.05, 0.1) is 13.2 Å². The second kappa shape index (κ2) is 10.2. The van der Waals surface area contributed by atoms with E-state index in [2.05, 4.69) is 0 Å². The van der Waals surface area contributed by atoms with Gasteiger partial charge >= 0.3 is 15.2 Å². The lowest BCUT2D eigenvalue weighted by molar-refractivity contribution is -0.679. The molecular formula is C19H20FIN2O4S2. The van der Waals surface area contributed by atoms with Crippen LogP contribution in [0.1, 0.15) is 12.0 Å². The molecule has 0 amide bonds. The third kappa shape index (κ3) is 6.28. The lowest BCUT2D eigenvalue weighted by Crippen LogP contribution is -3.00. The van der Waals surface area contributed by atoms with Crippen molar-refractivity contribution in [2.24, 2.45) is 0 Å². The monoisotopic (exact) mass is 550 g/mol. The van der Waals surface area contributed by atoms with Gasteiger partial charge in [-0.25, -0.2) is 8.96 Å². The zero-order chi connectivity index (χ0) is 20.1. The van der Waals surface area contributed by atoms with Crippen LogP contribution in [0.15, 0.2) is 58.9 Å². The second-order valence-corrected chi connectivity index (χ2v) is 8.53. The fourth-order valence-electron chi connectivity index (χ4n) is 2.59. The normalized spacial score (nSPS) is 11.0. The number of hydrogen-bond donors (Lipinski definition) is 1. The topological polar surface area (TPSA) is 82.5 Å². The van der Waals surface area contributed by atoms with Crippen molar-refractivity contribution in [2.75, 3.05) is 12.3 Å². The van der Waals surface area contributed by atoms with E-state index < -0.39 is 20.8 Å². The Bertz CT molecular complexity index is 1070. The van der Waals surface area contributed by atoms with Crippen molar-refractivity contribution < 1.29 is 50.3 Å². The first-order valence-electron chi connectivity index (χ1n) is 8.51. The molecule has 2 aromatic carbocycles. The highest BCUT2D eigenvalue weighted by Gasteiger charge is 2.21. The van der Waals surface area contributed by atoms with Gasteiger partial charge in [0.25, 0.3) is 0 Å². The quantitative estimate of drug-likeness (QED) is 0.189. The van der Waals surface area contributed by atoms with Crippen LogP contribution in [0, 0.1) is 12.7 Å². The summed E-state index contributed by atoms with van der Waals surface area (Å²) >= 11 is 1.47. The van der Waals surface area contributed by atoms with Gasteiger partial charge in [-0.15, -0.1) is 0 Å². The summed E-state index contributed by atoms with van der Waals surface area (Å²) in [4.78, 5) is -0.510. The number of nitrogens with two attached hydrogens (primary N) is 1. The molecule has 0 spiro atoms. The average molecular weight is 550 g/mol. The summed E-state index contributed by atoms with van der Waals surface area (Å²) in [5.74, 6) is -0.325. The van der Waals surface area contributed by atoms with Crippen LogP contribution >= 0.6 is 11.3 Å². The van der Waals surface area contributed by atoms with E-state index in [-0.39, 0.29) is 29.7 Å². The predicted octanol–water partition coefficient (Wildman–Crippen LogP) is 0.306. The van der Waals surface area contributed by atoms with Gasteiger partial charge in [-0.1, -0.05) is 23.5 Å². The van der Waals surface area contributed by atoms with Crippen molar-refractivity contribution in [3.8, 4) is 11.5 Å². The lowest BCUT2D eigenvalue weighted by atomic mass is 10.2. The fourth-order valence-corrected chi connectivity index (χ4v) is 4.22. The van der Waals surface area contributed by atoms with Crippen molar-refractivity contribution >= 4 is 26.6 Å². The molecule has 0 aliphatic rings. The van der Waals surface area contributed by atoms with Crippen LogP contribution in [-0.4, -0.2) is 15.0 Å². The molecule has 156 valence electrons. The van der Waals surface area contributed by atoms with Crippen molar-refractivity contribution in [3.63, 3.8) is 0 Å². The maximum atomic E-state index is 13.8. The number of anilines is 1. The van der Waals surface area contributed by atoms with E-state index in [0.717, 1.165) is 29.2 Å². The Balaban J connectivity index is 0.00000300. The molecule has 10 heteroatoms. The molecule has 3 rings (SSSR count). The average Bonchev–Trinajstić information content (AvgIpc) is 3.03. The highest BCUT2D eigenvalue weighted by Crippen LogP contribution is 2.26. The van der Waals surface area contributed by atoms with Crippen LogP contribution in [0.4, 0.5) is 9.52 Å². The Morgan fingerprint density at radius 2 is 1.90 bits per heavy atom. The van der Waals surface area contributed by atoms with E-state index >= 15 is 0 Å². The van der Waals surface area contributed by atoms with Gasteiger partial charge in [0.1, 0.15) is 28.4 Å². The molecule has 2 N–H and O–H groups in total. The summed E-state index contributed by atoms with van der Waals surface area (Å²) in [6, 6.07) is 9.86. The van der Waals surface area contributed by atoms with Gasteiger partial charge in [-0.3, -0.25) is 5.73 Å². The van der Waals surface area contributed by atoms with Crippen LogP contribution in [0.3, 0.4) is 0 Å². The SMILES string of the molecule is Cc1cc(OCCC[n+]2ccsc2N)cc(OS(=O)(=O)c2ccccc2F)c1.[I-]. The minimum atomic E-state index is -4.28. The molecule has 0 aliphatic heterocycles. The minimum absolute atomic E-state index is 0. The molecule has 0 saturated heterocycles. The summed E-state index contributed by atoms with van der Waals surface area (Å²) in [5.41, 5.74) is 6.59. The van der Waals surface area contributed by atoms with E-state index in [0.29, 0.717) is 18.9 Å². The summed E-state index contributed by atoms with van der Waals surface area (Å²) in [6.45, 7) is 2.93. The molecule has 0 radical (unpaired) electrons. The number of aromatic nitrogens is 1. The molecule has 3 aromatic rings. The first kappa shape index (κ1) is 23.4. The molecule has 29 heavy (non-hydrogen) atoms. The first-order valence-corrected chi connectivity index (χ1v) is 10.8. The molecule has 0 unspecified atom stereocenters. The molecule has 6 nitrogen and oxygen atoms in total. The third-order valence-electron chi connectivity index (χ3n) is 3.86. The van der Waals surface area contributed by atoms with Crippen molar-refractivity contribution in [1.29, 1.82) is 0 Å². The Hall–Kier alpha value is -1.92. The Kier molecular flexibility index (Phi) is 8.23. The van der Waals surface area contributed by atoms with Crippen molar-refractivity contribution in [3.05, 3.63) is 65.4 Å². The summed E-state index contributed by atoms with van der Waals surface area (Å²) in [6.07, 6.45) is 2.63. The molecule has 1 aromatic heterocycles. The van der Waals surface area contributed by atoms with E-state index in [1.54, 1.807) is 19.1 Å². The van der Waals surface area contributed by atoms with E-state index in [4.69, 9.17) is 14.7 Å². The van der Waals surface area contributed by atoms with Crippen LogP contribution < -0.4 is 43.2 Å². The molecule has 1 heterocycles. The predicted molar refractivity (Wildman–Crippen MR) is 104 cm³/mol. The zero-order valence-electron chi connectivity index (χ0n) is 15.5. The number of nitrogens with zero attached hydrogens (tertiary/aromatic N) is 1. The van der Waals surface area contributed by atoms with Gasteiger partial charge < -0.3 is 32.9 Å². The molecule has 0 atom stereocenters. The third-order valence-corrected chi connectivity index (χ3v) is 5.88. The first-order chi connectivity index (χ1) is 13.3.